The van der Waals surface area contributed by atoms with Crippen LogP contribution in [0.15, 0.2) is 60.8 Å². The molecule has 0 saturated carbocycles. The van der Waals surface area contributed by atoms with Crippen LogP contribution < -0.4 is 26.3 Å². The van der Waals surface area contributed by atoms with Crippen molar-refractivity contribution in [3.8, 4) is 11.5 Å². The lowest BCUT2D eigenvalue weighted by Crippen LogP contribution is -3.00. The Morgan fingerprint density at radius 1 is 0.867 bits per heavy atom. The number of halogens is 1. The normalized spacial score (nSPS) is 10.8. The summed E-state index contributed by atoms with van der Waals surface area (Å²) in [6.07, 6.45) is 3.06. The van der Waals surface area contributed by atoms with Gasteiger partial charge in [-0.15, -0.1) is 0 Å². The van der Waals surface area contributed by atoms with Gasteiger partial charge < -0.3 is 21.7 Å². The Morgan fingerprint density at radius 2 is 1.53 bits per heavy atom. The molecular formula is C26H29BrN2O. The van der Waals surface area contributed by atoms with Gasteiger partial charge in [0.15, 0.2) is 0 Å². The SMILES string of the molecule is CCc1ccccc1Oc1cccn2c(C)c(C)[n+](Cc3cc(C)cc(C)c3)c12.[Br-]. The molecule has 0 fully saturated rings. The van der Waals surface area contributed by atoms with E-state index in [0.717, 1.165) is 30.1 Å². The van der Waals surface area contributed by atoms with E-state index in [4.69, 9.17) is 4.74 Å². The van der Waals surface area contributed by atoms with Gasteiger partial charge in [0.2, 0.25) is 5.75 Å². The number of nitrogens with zero attached hydrogens (tertiary/aromatic N) is 2. The average Bonchev–Trinajstić information content (AvgIpc) is 2.93. The molecule has 0 bridgehead atoms. The van der Waals surface area contributed by atoms with E-state index in [2.05, 4.69) is 98.3 Å². The summed E-state index contributed by atoms with van der Waals surface area (Å²) in [4.78, 5) is 0. The molecule has 2 aromatic carbocycles. The molecule has 0 N–H and O–H groups in total. The molecule has 0 unspecified atom stereocenters. The summed E-state index contributed by atoms with van der Waals surface area (Å²) in [5.41, 5.74) is 8.70. The van der Waals surface area contributed by atoms with Gasteiger partial charge in [-0.3, -0.25) is 0 Å². The van der Waals surface area contributed by atoms with Crippen molar-refractivity contribution in [2.45, 2.75) is 47.6 Å². The van der Waals surface area contributed by atoms with Crippen molar-refractivity contribution in [2.24, 2.45) is 0 Å². The van der Waals surface area contributed by atoms with Crippen LogP contribution in [0.4, 0.5) is 0 Å². The highest BCUT2D eigenvalue weighted by Gasteiger charge is 2.24. The van der Waals surface area contributed by atoms with E-state index in [1.54, 1.807) is 0 Å². The van der Waals surface area contributed by atoms with Gasteiger partial charge in [0, 0.05) is 13.8 Å². The average molecular weight is 465 g/mol. The summed E-state index contributed by atoms with van der Waals surface area (Å²) < 4.78 is 11.1. The molecular weight excluding hydrogens is 436 g/mol. The standard InChI is InChI=1S/C26H29N2O.BrH/c1-6-23-10-7-8-11-24(23)29-25-12-9-13-27-20(4)21(5)28(26(25)27)17-22-15-18(2)14-19(3)16-22;/h7-16H,6,17H2,1-5H3;1H/q+1;/p-1. The number of ether oxygens (including phenoxy) is 1. The maximum Gasteiger partial charge on any atom is 0.330 e. The third kappa shape index (κ3) is 4.15. The van der Waals surface area contributed by atoms with E-state index < -0.39 is 0 Å². The molecule has 2 aromatic heterocycles. The van der Waals surface area contributed by atoms with Crippen LogP contribution in [-0.2, 0) is 13.0 Å². The molecule has 4 aromatic rings. The Kier molecular flexibility index (Phi) is 6.67. The molecule has 156 valence electrons. The van der Waals surface area contributed by atoms with E-state index in [9.17, 15) is 0 Å². The number of hydrogen-bond acceptors (Lipinski definition) is 1. The summed E-state index contributed by atoms with van der Waals surface area (Å²) in [5.74, 6) is 1.81. The molecule has 0 aliphatic rings. The Balaban J connectivity index is 0.00000256. The molecule has 0 aliphatic heterocycles. The topological polar surface area (TPSA) is 17.5 Å². The third-order valence-electron chi connectivity index (χ3n) is 5.67. The zero-order valence-corrected chi connectivity index (χ0v) is 20.0. The number of rotatable bonds is 5. The molecule has 3 nitrogen and oxygen atoms in total. The van der Waals surface area contributed by atoms with Gasteiger partial charge >= 0.3 is 5.65 Å². The number of pyridine rings is 1. The van der Waals surface area contributed by atoms with Crippen LogP contribution in [0, 0.1) is 27.7 Å². The highest BCUT2D eigenvalue weighted by atomic mass is 79.9. The monoisotopic (exact) mass is 464 g/mol. The minimum Gasteiger partial charge on any atom is -1.00 e. The van der Waals surface area contributed by atoms with Gasteiger partial charge in [-0.1, -0.05) is 54.4 Å². The summed E-state index contributed by atoms with van der Waals surface area (Å²) in [7, 11) is 0. The minimum atomic E-state index is 0. The largest absolute Gasteiger partial charge is 1.00 e. The van der Waals surface area contributed by atoms with Gasteiger partial charge in [-0.05, 0) is 49.6 Å². The highest BCUT2D eigenvalue weighted by molar-refractivity contribution is 5.53. The number of hydrogen-bond donors (Lipinski definition) is 0. The van der Waals surface area contributed by atoms with Gasteiger partial charge in [0.25, 0.3) is 0 Å². The number of aromatic nitrogens is 2. The van der Waals surface area contributed by atoms with Crippen LogP contribution in [0.1, 0.15) is 40.6 Å². The van der Waals surface area contributed by atoms with Crippen LogP contribution in [0.25, 0.3) is 5.65 Å². The molecule has 0 atom stereocenters. The van der Waals surface area contributed by atoms with Crippen molar-refractivity contribution in [3.05, 3.63) is 94.4 Å². The lowest BCUT2D eigenvalue weighted by atomic mass is 10.1. The number of imidazole rings is 1. The number of benzene rings is 2. The Bertz CT molecular complexity index is 1170. The van der Waals surface area contributed by atoms with E-state index >= 15 is 0 Å². The van der Waals surface area contributed by atoms with Gasteiger partial charge in [-0.25, -0.2) is 4.57 Å². The number of aryl methyl sites for hydroxylation is 4. The second-order valence-corrected chi connectivity index (χ2v) is 7.88. The lowest BCUT2D eigenvalue weighted by molar-refractivity contribution is -0.668. The lowest BCUT2D eigenvalue weighted by Gasteiger charge is -2.10. The molecule has 4 rings (SSSR count). The van der Waals surface area contributed by atoms with Crippen molar-refractivity contribution in [3.63, 3.8) is 0 Å². The van der Waals surface area contributed by atoms with E-state index in [1.807, 2.05) is 6.07 Å². The van der Waals surface area contributed by atoms with Gasteiger partial charge in [0.05, 0.1) is 6.20 Å². The van der Waals surface area contributed by atoms with Crippen molar-refractivity contribution in [1.29, 1.82) is 0 Å². The van der Waals surface area contributed by atoms with E-state index in [0.29, 0.717) is 0 Å². The fraction of sp³-hybridized carbons (Fsp3) is 0.269. The van der Waals surface area contributed by atoms with Crippen LogP contribution in [0.3, 0.4) is 0 Å². The molecule has 0 radical (unpaired) electrons. The fourth-order valence-electron chi connectivity index (χ4n) is 4.17. The maximum absolute atomic E-state index is 6.47. The molecule has 2 heterocycles. The first-order chi connectivity index (χ1) is 14.0. The number of para-hydroxylation sites is 1. The van der Waals surface area contributed by atoms with Crippen molar-refractivity contribution in [2.75, 3.05) is 0 Å². The first kappa shape index (κ1) is 22.1. The van der Waals surface area contributed by atoms with E-state index in [1.165, 1.54) is 33.6 Å². The second kappa shape index (κ2) is 9.05. The zero-order valence-electron chi connectivity index (χ0n) is 18.4. The summed E-state index contributed by atoms with van der Waals surface area (Å²) in [5, 5.41) is 0. The Hall–Kier alpha value is -2.59. The predicted molar refractivity (Wildman–Crippen MR) is 118 cm³/mol. The molecule has 30 heavy (non-hydrogen) atoms. The molecule has 0 amide bonds. The van der Waals surface area contributed by atoms with Gasteiger partial charge in [-0.2, -0.15) is 4.40 Å². The van der Waals surface area contributed by atoms with Crippen molar-refractivity contribution < 1.29 is 26.3 Å². The predicted octanol–water partition coefficient (Wildman–Crippen LogP) is 2.87. The third-order valence-corrected chi connectivity index (χ3v) is 5.67. The number of fused-ring (bicyclic) bond motifs is 1. The van der Waals surface area contributed by atoms with Crippen molar-refractivity contribution >= 4 is 5.65 Å². The second-order valence-electron chi connectivity index (χ2n) is 7.88. The summed E-state index contributed by atoms with van der Waals surface area (Å²) >= 11 is 0. The molecule has 4 heteroatoms. The van der Waals surface area contributed by atoms with Crippen LogP contribution in [0.5, 0.6) is 11.5 Å². The minimum absolute atomic E-state index is 0. The molecule has 0 spiro atoms. The first-order valence-corrected chi connectivity index (χ1v) is 10.3. The first-order valence-electron chi connectivity index (χ1n) is 10.3. The van der Waals surface area contributed by atoms with Crippen LogP contribution >= 0.6 is 0 Å². The Labute approximate surface area is 189 Å². The quantitative estimate of drug-likeness (QED) is 0.415. The summed E-state index contributed by atoms with van der Waals surface area (Å²) in [6, 6.07) is 19.2. The molecule has 0 saturated heterocycles. The van der Waals surface area contributed by atoms with Crippen LogP contribution in [0.2, 0.25) is 0 Å². The van der Waals surface area contributed by atoms with Gasteiger partial charge in [0.1, 0.15) is 23.7 Å². The maximum atomic E-state index is 6.47. The smallest absolute Gasteiger partial charge is 0.330 e. The fourth-order valence-corrected chi connectivity index (χ4v) is 4.17. The molecule has 0 aliphatic carbocycles. The zero-order chi connectivity index (χ0) is 20.5. The van der Waals surface area contributed by atoms with Crippen LogP contribution in [-0.4, -0.2) is 4.40 Å². The van der Waals surface area contributed by atoms with E-state index in [-0.39, 0.29) is 17.0 Å². The Morgan fingerprint density at radius 3 is 2.23 bits per heavy atom. The van der Waals surface area contributed by atoms with Crippen molar-refractivity contribution in [1.82, 2.24) is 4.40 Å². The highest BCUT2D eigenvalue weighted by Crippen LogP contribution is 2.29. The summed E-state index contributed by atoms with van der Waals surface area (Å²) in [6.45, 7) is 11.7.